The first kappa shape index (κ1) is 11.7. The van der Waals surface area contributed by atoms with E-state index in [9.17, 15) is 0 Å². The van der Waals surface area contributed by atoms with Crippen molar-refractivity contribution < 1.29 is 0 Å². The quantitative estimate of drug-likeness (QED) is 0.682. The lowest BCUT2D eigenvalue weighted by molar-refractivity contribution is 0.227. The Morgan fingerprint density at radius 2 is 1.95 bits per heavy atom. The Labute approximate surface area is 123 Å². The van der Waals surface area contributed by atoms with Gasteiger partial charge >= 0.3 is 0 Å². The van der Waals surface area contributed by atoms with E-state index in [2.05, 4.69) is 43.1 Å². The largest absolute Gasteiger partial charge is 0.278 e. The molecule has 0 aliphatic heterocycles. The van der Waals surface area contributed by atoms with Crippen LogP contribution >= 0.6 is 0 Å². The molecule has 1 saturated carbocycles. The van der Waals surface area contributed by atoms with Gasteiger partial charge in [-0.1, -0.05) is 20.8 Å². The lowest BCUT2D eigenvalue weighted by Gasteiger charge is -2.34. The number of fused-ring (bicyclic) bond motifs is 7. The van der Waals surface area contributed by atoms with Crippen LogP contribution in [0.1, 0.15) is 50.9 Å². The number of aromatic amines is 1. The molecule has 0 saturated heterocycles. The van der Waals surface area contributed by atoms with E-state index in [1.165, 1.54) is 24.2 Å². The summed E-state index contributed by atoms with van der Waals surface area (Å²) < 4.78 is 0. The predicted molar refractivity (Wildman–Crippen MR) is 82.3 cm³/mol. The van der Waals surface area contributed by atoms with Crippen LogP contribution in [0.2, 0.25) is 0 Å². The van der Waals surface area contributed by atoms with Crippen molar-refractivity contribution in [3.63, 3.8) is 0 Å². The van der Waals surface area contributed by atoms with E-state index in [0.29, 0.717) is 5.92 Å². The number of H-pyrrole nitrogens is 1. The Morgan fingerprint density at radius 3 is 2.81 bits per heavy atom. The molecule has 2 aliphatic rings. The molecule has 1 fully saturated rings. The number of benzene rings is 1. The van der Waals surface area contributed by atoms with Gasteiger partial charge < -0.3 is 0 Å². The van der Waals surface area contributed by atoms with Crippen LogP contribution in [0.25, 0.3) is 21.9 Å². The molecule has 2 heterocycles. The lowest BCUT2D eigenvalue weighted by Crippen LogP contribution is -2.31. The van der Waals surface area contributed by atoms with Crippen molar-refractivity contribution in [1.29, 1.82) is 0 Å². The van der Waals surface area contributed by atoms with Crippen molar-refractivity contribution in [2.24, 2.45) is 5.41 Å². The molecule has 0 amide bonds. The van der Waals surface area contributed by atoms with E-state index >= 15 is 0 Å². The number of rotatable bonds is 0. The summed E-state index contributed by atoms with van der Waals surface area (Å²) in [6, 6.07) is 4.18. The fraction of sp³-hybridized carbons (Fsp3) is 0.471. The zero-order valence-electron chi connectivity index (χ0n) is 12.6. The van der Waals surface area contributed by atoms with Crippen molar-refractivity contribution >= 4 is 21.9 Å². The minimum absolute atomic E-state index is 0.166. The summed E-state index contributed by atoms with van der Waals surface area (Å²) in [6.07, 6.45) is 4.32. The molecular weight excluding hydrogens is 260 g/mol. The van der Waals surface area contributed by atoms with E-state index in [1.54, 1.807) is 0 Å². The maximum absolute atomic E-state index is 5.03. The minimum Gasteiger partial charge on any atom is -0.278 e. The SMILES string of the molecule is CC1(C)[C@@H]2CC[C@@]1(C)c1nc3cc4cn[nH]c4cc3nc12. The Kier molecular flexibility index (Phi) is 1.81. The highest BCUT2D eigenvalue weighted by atomic mass is 15.1. The lowest BCUT2D eigenvalue weighted by atomic mass is 9.70. The van der Waals surface area contributed by atoms with Crippen LogP contribution in [0.15, 0.2) is 18.3 Å². The molecule has 0 spiro atoms. The number of nitrogens with one attached hydrogen (secondary N) is 1. The molecule has 2 aliphatic carbocycles. The second-order valence-corrected chi connectivity index (χ2v) is 7.40. The van der Waals surface area contributed by atoms with Crippen molar-refractivity contribution in [3.05, 3.63) is 29.7 Å². The van der Waals surface area contributed by atoms with Gasteiger partial charge in [0.1, 0.15) is 0 Å². The highest BCUT2D eigenvalue weighted by Gasteiger charge is 2.61. The number of hydrogen-bond acceptors (Lipinski definition) is 3. The van der Waals surface area contributed by atoms with Crippen LogP contribution in [0, 0.1) is 5.41 Å². The second-order valence-electron chi connectivity index (χ2n) is 7.40. The molecule has 4 nitrogen and oxygen atoms in total. The highest BCUT2D eigenvalue weighted by molar-refractivity contribution is 5.92. The summed E-state index contributed by atoms with van der Waals surface area (Å²) in [4.78, 5) is 10.0. The monoisotopic (exact) mass is 278 g/mol. The summed E-state index contributed by atoms with van der Waals surface area (Å²) in [7, 11) is 0. The number of hydrogen-bond donors (Lipinski definition) is 1. The molecule has 3 aromatic rings. The first-order valence-electron chi connectivity index (χ1n) is 7.66. The molecule has 2 bridgehead atoms. The molecule has 4 heteroatoms. The van der Waals surface area contributed by atoms with Gasteiger partial charge in [0.05, 0.1) is 34.1 Å². The van der Waals surface area contributed by atoms with Gasteiger partial charge in [-0.25, -0.2) is 9.97 Å². The summed E-state index contributed by atoms with van der Waals surface area (Å²) in [5.41, 5.74) is 5.91. The number of aromatic nitrogens is 4. The third-order valence-electron chi connectivity index (χ3n) is 6.33. The van der Waals surface area contributed by atoms with Crippen LogP contribution in [0.4, 0.5) is 0 Å². The zero-order valence-corrected chi connectivity index (χ0v) is 12.6. The van der Waals surface area contributed by atoms with Gasteiger partial charge in [-0.2, -0.15) is 5.10 Å². The molecule has 2 aromatic heterocycles. The van der Waals surface area contributed by atoms with Crippen LogP contribution in [0.3, 0.4) is 0 Å². The van der Waals surface area contributed by atoms with Crippen LogP contribution in [0.5, 0.6) is 0 Å². The molecule has 2 atom stereocenters. The van der Waals surface area contributed by atoms with Crippen molar-refractivity contribution in [2.45, 2.75) is 44.9 Å². The van der Waals surface area contributed by atoms with Crippen LogP contribution in [-0.4, -0.2) is 20.2 Å². The topological polar surface area (TPSA) is 54.5 Å². The van der Waals surface area contributed by atoms with Crippen molar-refractivity contribution in [3.8, 4) is 0 Å². The molecule has 0 unspecified atom stereocenters. The maximum Gasteiger partial charge on any atom is 0.0912 e. The minimum atomic E-state index is 0.166. The van der Waals surface area contributed by atoms with E-state index < -0.39 is 0 Å². The summed E-state index contributed by atoms with van der Waals surface area (Å²) in [6.45, 7) is 7.13. The van der Waals surface area contributed by atoms with Crippen LogP contribution in [-0.2, 0) is 5.41 Å². The van der Waals surface area contributed by atoms with Gasteiger partial charge in [0.25, 0.3) is 0 Å². The van der Waals surface area contributed by atoms with Gasteiger partial charge in [-0.3, -0.25) is 5.10 Å². The molecular formula is C17H18N4. The zero-order chi connectivity index (χ0) is 14.4. The summed E-state index contributed by atoms with van der Waals surface area (Å²) in [5.74, 6) is 0.548. The molecule has 1 N–H and O–H groups in total. The smallest absolute Gasteiger partial charge is 0.0912 e. The molecule has 1 aromatic carbocycles. The predicted octanol–water partition coefficient (Wildman–Crippen LogP) is 3.68. The molecule has 106 valence electrons. The third-order valence-corrected chi connectivity index (χ3v) is 6.33. The average Bonchev–Trinajstić information content (AvgIpc) is 3.02. The van der Waals surface area contributed by atoms with E-state index in [0.717, 1.165) is 21.9 Å². The van der Waals surface area contributed by atoms with E-state index in [-0.39, 0.29) is 10.8 Å². The Morgan fingerprint density at radius 1 is 1.14 bits per heavy atom. The highest BCUT2D eigenvalue weighted by Crippen LogP contribution is 2.66. The van der Waals surface area contributed by atoms with Crippen molar-refractivity contribution in [1.82, 2.24) is 20.2 Å². The third kappa shape index (κ3) is 1.17. The fourth-order valence-electron chi connectivity index (χ4n) is 4.56. The normalized spacial score (nSPS) is 29.4. The van der Waals surface area contributed by atoms with Gasteiger partial charge in [0, 0.05) is 16.7 Å². The Balaban J connectivity index is 1.88. The van der Waals surface area contributed by atoms with Gasteiger partial charge in [-0.15, -0.1) is 0 Å². The van der Waals surface area contributed by atoms with Gasteiger partial charge in [0.15, 0.2) is 0 Å². The van der Waals surface area contributed by atoms with E-state index in [4.69, 9.17) is 9.97 Å². The molecule has 21 heavy (non-hydrogen) atoms. The van der Waals surface area contributed by atoms with E-state index in [1.807, 2.05) is 6.20 Å². The van der Waals surface area contributed by atoms with Crippen molar-refractivity contribution in [2.75, 3.05) is 0 Å². The van der Waals surface area contributed by atoms with Crippen LogP contribution < -0.4 is 0 Å². The van der Waals surface area contributed by atoms with Gasteiger partial charge in [0.2, 0.25) is 0 Å². The average molecular weight is 278 g/mol. The molecule has 5 rings (SSSR count). The standard InChI is InChI=1S/C17H18N4/c1-16(2)10-4-5-17(16,3)15-14(10)19-13-7-11-9(8-18-21-11)6-12(13)20-15/h6-8,10H,4-5H2,1-3H3,(H,18,21)/t10-,17+/m1/s1. The Bertz CT molecular complexity index is 908. The first-order valence-corrected chi connectivity index (χ1v) is 7.66. The number of nitrogens with zero attached hydrogens (tertiary/aromatic N) is 3. The summed E-state index contributed by atoms with van der Waals surface area (Å²) in [5, 5.41) is 8.22. The Hall–Kier alpha value is -1.97. The summed E-state index contributed by atoms with van der Waals surface area (Å²) >= 11 is 0. The maximum atomic E-state index is 5.03. The molecule has 0 radical (unpaired) electrons. The van der Waals surface area contributed by atoms with Gasteiger partial charge in [-0.05, 0) is 30.4 Å². The first-order chi connectivity index (χ1) is 10.0. The fourth-order valence-corrected chi connectivity index (χ4v) is 4.56. The second kappa shape index (κ2) is 3.26.